The number of nitrogens with one attached hydrogen (secondary N) is 1. The van der Waals surface area contributed by atoms with Gasteiger partial charge in [0.25, 0.3) is 5.91 Å². The van der Waals surface area contributed by atoms with Crippen molar-refractivity contribution in [1.82, 2.24) is 20.3 Å². The number of amides is 1. The summed E-state index contributed by atoms with van der Waals surface area (Å²) in [6.45, 7) is 0.243. The highest BCUT2D eigenvalue weighted by molar-refractivity contribution is 7.13. The van der Waals surface area contributed by atoms with Crippen LogP contribution in [-0.4, -0.2) is 38.6 Å². The Balaban J connectivity index is 1.60. The molecule has 2 N–H and O–H groups in total. The summed E-state index contributed by atoms with van der Waals surface area (Å²) in [7, 11) is 0. The minimum atomic E-state index is -0.147. The zero-order chi connectivity index (χ0) is 15.4. The Bertz CT molecular complexity index is 623. The van der Waals surface area contributed by atoms with Gasteiger partial charge in [-0.15, -0.1) is 11.3 Å². The van der Waals surface area contributed by atoms with Crippen LogP contribution >= 0.6 is 11.3 Å². The lowest BCUT2D eigenvalue weighted by Gasteiger charge is -2.27. The first-order valence-corrected chi connectivity index (χ1v) is 8.29. The van der Waals surface area contributed by atoms with Gasteiger partial charge in [0, 0.05) is 30.4 Å². The van der Waals surface area contributed by atoms with Gasteiger partial charge in [0.1, 0.15) is 5.69 Å². The van der Waals surface area contributed by atoms with Crippen LogP contribution in [0.4, 0.5) is 0 Å². The van der Waals surface area contributed by atoms with Gasteiger partial charge in [0.15, 0.2) is 10.8 Å². The summed E-state index contributed by atoms with van der Waals surface area (Å²) in [5.74, 6) is 0.773. The summed E-state index contributed by atoms with van der Waals surface area (Å²) in [6, 6.07) is 1.92. The van der Waals surface area contributed by atoms with E-state index in [1.807, 2.05) is 0 Å². The predicted octanol–water partition coefficient (Wildman–Crippen LogP) is 1.88. The Kier molecular flexibility index (Phi) is 4.74. The van der Waals surface area contributed by atoms with Gasteiger partial charge in [0.05, 0.1) is 0 Å². The standard InChI is InChI=1S/C15H18N4O2S/c20-8-10-2-4-11(5-3-10)18-14(21)12-9-22-15(19-12)13-16-6-1-7-17-13/h1,6-7,9-11,20H,2-5,8H2,(H,18,21). The molecule has 2 aromatic rings. The molecule has 0 unspecified atom stereocenters. The predicted molar refractivity (Wildman–Crippen MR) is 83.4 cm³/mol. The lowest BCUT2D eigenvalue weighted by atomic mass is 9.86. The van der Waals surface area contributed by atoms with Crippen molar-refractivity contribution < 1.29 is 9.90 Å². The van der Waals surface area contributed by atoms with Gasteiger partial charge < -0.3 is 10.4 Å². The topological polar surface area (TPSA) is 88.0 Å². The van der Waals surface area contributed by atoms with Crippen LogP contribution in [0.15, 0.2) is 23.8 Å². The molecule has 1 aliphatic carbocycles. The van der Waals surface area contributed by atoms with E-state index in [-0.39, 0.29) is 18.6 Å². The Labute approximate surface area is 132 Å². The summed E-state index contributed by atoms with van der Waals surface area (Å²) < 4.78 is 0. The number of aliphatic hydroxyl groups is 1. The van der Waals surface area contributed by atoms with Crippen LogP contribution in [0.1, 0.15) is 36.2 Å². The molecule has 0 bridgehead atoms. The number of thiazole rings is 1. The molecule has 6 nitrogen and oxygen atoms in total. The van der Waals surface area contributed by atoms with Crippen molar-refractivity contribution in [3.05, 3.63) is 29.5 Å². The van der Waals surface area contributed by atoms with Gasteiger partial charge in [-0.25, -0.2) is 15.0 Å². The van der Waals surface area contributed by atoms with Gasteiger partial charge in [0.2, 0.25) is 0 Å². The first-order valence-electron chi connectivity index (χ1n) is 7.41. The monoisotopic (exact) mass is 318 g/mol. The number of aliphatic hydroxyl groups excluding tert-OH is 1. The Hall–Kier alpha value is -1.86. The van der Waals surface area contributed by atoms with Crippen LogP contribution in [0.3, 0.4) is 0 Å². The van der Waals surface area contributed by atoms with Crippen molar-refractivity contribution >= 4 is 17.2 Å². The Morgan fingerprint density at radius 3 is 2.68 bits per heavy atom. The largest absolute Gasteiger partial charge is 0.396 e. The molecule has 0 atom stereocenters. The second kappa shape index (κ2) is 6.93. The maximum Gasteiger partial charge on any atom is 0.270 e. The molecule has 7 heteroatoms. The second-order valence-corrected chi connectivity index (χ2v) is 6.34. The summed E-state index contributed by atoms with van der Waals surface area (Å²) in [6.07, 6.45) is 7.06. The van der Waals surface area contributed by atoms with Crippen molar-refractivity contribution in [2.45, 2.75) is 31.7 Å². The molecule has 1 aliphatic rings. The summed E-state index contributed by atoms with van der Waals surface area (Å²) in [5.41, 5.74) is 0.414. The van der Waals surface area contributed by atoms with E-state index in [2.05, 4.69) is 20.3 Å². The normalized spacial score (nSPS) is 21.5. The van der Waals surface area contributed by atoms with E-state index in [4.69, 9.17) is 5.11 Å². The number of carbonyl (C=O) groups excluding carboxylic acids is 1. The summed E-state index contributed by atoms with van der Waals surface area (Å²) in [4.78, 5) is 24.8. The van der Waals surface area contributed by atoms with Crippen molar-refractivity contribution in [3.63, 3.8) is 0 Å². The van der Waals surface area contributed by atoms with Crippen molar-refractivity contribution in [2.24, 2.45) is 5.92 Å². The fraction of sp³-hybridized carbons (Fsp3) is 0.467. The first-order chi connectivity index (χ1) is 10.8. The number of rotatable bonds is 4. The molecule has 0 spiro atoms. The van der Waals surface area contributed by atoms with Crippen molar-refractivity contribution in [1.29, 1.82) is 0 Å². The highest BCUT2D eigenvalue weighted by Crippen LogP contribution is 2.24. The van der Waals surface area contributed by atoms with Gasteiger partial charge >= 0.3 is 0 Å². The van der Waals surface area contributed by atoms with E-state index in [0.717, 1.165) is 25.7 Å². The zero-order valence-corrected chi connectivity index (χ0v) is 12.9. The molecular formula is C15H18N4O2S. The van der Waals surface area contributed by atoms with E-state index in [1.54, 1.807) is 23.8 Å². The molecule has 0 saturated heterocycles. The summed E-state index contributed by atoms with van der Waals surface area (Å²) >= 11 is 1.37. The van der Waals surface area contributed by atoms with Gasteiger partial charge in [-0.2, -0.15) is 0 Å². The van der Waals surface area contributed by atoms with E-state index in [1.165, 1.54) is 11.3 Å². The van der Waals surface area contributed by atoms with Crippen LogP contribution in [0.25, 0.3) is 10.8 Å². The SMILES string of the molecule is O=C(NC1CCC(CO)CC1)c1csc(-c2ncccn2)n1. The third-order valence-corrected chi connectivity index (χ3v) is 4.77. The second-order valence-electron chi connectivity index (χ2n) is 5.48. The third-order valence-electron chi connectivity index (χ3n) is 3.93. The van der Waals surface area contributed by atoms with Gasteiger partial charge in [-0.1, -0.05) is 0 Å². The average Bonchev–Trinajstić information content (AvgIpc) is 3.06. The average molecular weight is 318 g/mol. The molecule has 1 amide bonds. The number of hydrogen-bond acceptors (Lipinski definition) is 6. The van der Waals surface area contributed by atoms with Gasteiger partial charge in [-0.3, -0.25) is 4.79 Å². The van der Waals surface area contributed by atoms with Gasteiger partial charge in [-0.05, 0) is 37.7 Å². The van der Waals surface area contributed by atoms with E-state index < -0.39 is 0 Å². The fourth-order valence-corrected chi connectivity index (χ4v) is 3.38. The maximum atomic E-state index is 12.3. The smallest absolute Gasteiger partial charge is 0.270 e. The van der Waals surface area contributed by atoms with E-state index >= 15 is 0 Å². The highest BCUT2D eigenvalue weighted by Gasteiger charge is 2.23. The number of aromatic nitrogens is 3. The fourth-order valence-electron chi connectivity index (χ4n) is 2.64. The summed E-state index contributed by atoms with van der Waals surface area (Å²) in [5, 5.41) is 14.6. The van der Waals surface area contributed by atoms with Crippen molar-refractivity contribution in [3.8, 4) is 10.8 Å². The number of carbonyl (C=O) groups is 1. The van der Waals surface area contributed by atoms with Crippen LogP contribution in [0.2, 0.25) is 0 Å². The van der Waals surface area contributed by atoms with Crippen LogP contribution in [-0.2, 0) is 0 Å². The Morgan fingerprint density at radius 1 is 1.27 bits per heavy atom. The number of hydrogen-bond donors (Lipinski definition) is 2. The lowest BCUT2D eigenvalue weighted by Crippen LogP contribution is -2.38. The first kappa shape index (κ1) is 15.1. The molecule has 1 saturated carbocycles. The molecule has 0 radical (unpaired) electrons. The minimum Gasteiger partial charge on any atom is -0.396 e. The molecule has 3 rings (SSSR count). The third kappa shape index (κ3) is 3.48. The molecule has 2 heterocycles. The quantitative estimate of drug-likeness (QED) is 0.898. The number of nitrogens with zero attached hydrogens (tertiary/aromatic N) is 3. The zero-order valence-electron chi connectivity index (χ0n) is 12.1. The van der Waals surface area contributed by atoms with Crippen LogP contribution in [0, 0.1) is 5.92 Å². The Morgan fingerprint density at radius 2 is 2.00 bits per heavy atom. The van der Waals surface area contributed by atoms with Crippen LogP contribution in [0.5, 0.6) is 0 Å². The minimum absolute atomic E-state index is 0.147. The molecule has 0 aromatic carbocycles. The molecule has 1 fully saturated rings. The molecular weight excluding hydrogens is 300 g/mol. The molecule has 116 valence electrons. The van der Waals surface area contributed by atoms with E-state index in [0.29, 0.717) is 22.4 Å². The highest BCUT2D eigenvalue weighted by atomic mass is 32.1. The lowest BCUT2D eigenvalue weighted by molar-refractivity contribution is 0.0909. The maximum absolute atomic E-state index is 12.3. The van der Waals surface area contributed by atoms with Crippen LogP contribution < -0.4 is 5.32 Å². The molecule has 22 heavy (non-hydrogen) atoms. The van der Waals surface area contributed by atoms with Crippen molar-refractivity contribution in [2.75, 3.05) is 6.61 Å². The van der Waals surface area contributed by atoms with E-state index in [9.17, 15) is 4.79 Å². The molecule has 2 aromatic heterocycles. The molecule has 0 aliphatic heterocycles.